The van der Waals surface area contributed by atoms with Crippen LogP contribution in [0, 0.1) is 5.82 Å². The summed E-state index contributed by atoms with van der Waals surface area (Å²) in [5.74, 6) is -0.0983. The van der Waals surface area contributed by atoms with Crippen LogP contribution < -0.4 is 14.4 Å². The molecule has 3 aromatic rings. The van der Waals surface area contributed by atoms with Gasteiger partial charge in [-0.05, 0) is 48.9 Å². The van der Waals surface area contributed by atoms with E-state index >= 15 is 0 Å². The van der Waals surface area contributed by atoms with Gasteiger partial charge >= 0.3 is 6.01 Å². The molecule has 0 aliphatic carbocycles. The highest BCUT2D eigenvalue weighted by Crippen LogP contribution is 2.41. The zero-order valence-electron chi connectivity index (χ0n) is 21.5. The van der Waals surface area contributed by atoms with Crippen molar-refractivity contribution in [3.8, 4) is 11.8 Å². The number of methoxy groups -OCH3 is 1. The Kier molecular flexibility index (Phi) is 6.39. The zero-order chi connectivity index (χ0) is 26.4. The number of benzene rings is 2. The predicted molar refractivity (Wildman–Crippen MR) is 137 cm³/mol. The van der Waals surface area contributed by atoms with E-state index in [1.165, 1.54) is 19.4 Å². The summed E-state index contributed by atoms with van der Waals surface area (Å²) in [6, 6.07) is 6.83. The third-order valence-corrected chi connectivity index (χ3v) is 7.97. The second-order valence-electron chi connectivity index (χ2n) is 10.2. The van der Waals surface area contributed by atoms with Crippen LogP contribution in [0.4, 0.5) is 14.5 Å². The quantitative estimate of drug-likeness (QED) is 0.404. The average Bonchev–Trinajstić information content (AvgIpc) is 3.55. The van der Waals surface area contributed by atoms with E-state index in [1.807, 2.05) is 13.0 Å². The number of anilines is 1. The van der Waals surface area contributed by atoms with Gasteiger partial charge in [-0.15, -0.1) is 0 Å². The molecule has 0 N–H and O–H groups in total. The minimum atomic E-state index is -0.845. The molecule has 0 saturated carbocycles. The second-order valence-corrected chi connectivity index (χ2v) is 10.2. The number of rotatable bonds is 8. The number of amides is 1. The van der Waals surface area contributed by atoms with Crippen LogP contribution in [0.3, 0.4) is 0 Å². The normalized spacial score (nSPS) is 22.8. The summed E-state index contributed by atoms with van der Waals surface area (Å²) in [4.78, 5) is 26.1. The Morgan fingerprint density at radius 2 is 2.11 bits per heavy atom. The van der Waals surface area contributed by atoms with Crippen LogP contribution in [-0.2, 0) is 17.7 Å². The van der Waals surface area contributed by atoms with Crippen molar-refractivity contribution < 1.29 is 27.8 Å². The first-order valence-corrected chi connectivity index (χ1v) is 13.0. The Balaban J connectivity index is 1.31. The fraction of sp³-hybridized carbons (Fsp3) is 0.464. The molecule has 1 amide bonds. The Morgan fingerprint density at radius 3 is 2.92 bits per heavy atom. The number of carbonyl (C=O) groups excluding carboxylic acids is 1. The van der Waals surface area contributed by atoms with Crippen molar-refractivity contribution in [2.45, 2.75) is 50.9 Å². The summed E-state index contributed by atoms with van der Waals surface area (Å²) in [6.07, 6.45) is 3.45. The van der Waals surface area contributed by atoms with Crippen LogP contribution in [0.25, 0.3) is 10.8 Å². The summed E-state index contributed by atoms with van der Waals surface area (Å²) < 4.78 is 45.7. The lowest BCUT2D eigenvalue weighted by atomic mass is 9.95. The highest BCUT2D eigenvalue weighted by atomic mass is 19.1. The summed E-state index contributed by atoms with van der Waals surface area (Å²) in [6.45, 7) is 3.73. The van der Waals surface area contributed by atoms with Crippen molar-refractivity contribution >= 4 is 22.4 Å². The highest BCUT2D eigenvalue weighted by Gasteiger charge is 2.49. The first kappa shape index (κ1) is 24.9. The van der Waals surface area contributed by atoms with Gasteiger partial charge in [-0.1, -0.05) is 13.0 Å². The maximum Gasteiger partial charge on any atom is 0.316 e. The second kappa shape index (κ2) is 9.74. The van der Waals surface area contributed by atoms with Crippen molar-refractivity contribution in [2.24, 2.45) is 0 Å². The van der Waals surface area contributed by atoms with Crippen molar-refractivity contribution in [3.05, 3.63) is 53.1 Å². The van der Waals surface area contributed by atoms with Crippen LogP contribution in [0.2, 0.25) is 0 Å². The number of aryl methyl sites for hydroxylation is 1. The van der Waals surface area contributed by atoms with Crippen LogP contribution in [0.5, 0.6) is 11.8 Å². The maximum absolute atomic E-state index is 14.8. The van der Waals surface area contributed by atoms with Crippen molar-refractivity contribution in [3.63, 3.8) is 0 Å². The van der Waals surface area contributed by atoms with Crippen LogP contribution >= 0.6 is 0 Å². The summed E-state index contributed by atoms with van der Waals surface area (Å²) in [5, 5.41) is 1.42. The van der Waals surface area contributed by atoms with Crippen molar-refractivity contribution in [2.75, 3.05) is 38.5 Å². The van der Waals surface area contributed by atoms with Crippen molar-refractivity contribution in [1.29, 1.82) is 0 Å². The molecule has 0 spiro atoms. The van der Waals surface area contributed by atoms with E-state index in [1.54, 1.807) is 17.0 Å². The molecule has 3 aliphatic heterocycles. The van der Waals surface area contributed by atoms with Crippen LogP contribution in [0.15, 0.2) is 30.5 Å². The third kappa shape index (κ3) is 4.16. The van der Waals surface area contributed by atoms with Gasteiger partial charge in [0.2, 0.25) is 0 Å². The molecule has 6 rings (SSSR count). The number of fused-ring (bicyclic) bond motifs is 3. The number of ether oxygens (including phenoxy) is 3. The van der Waals surface area contributed by atoms with E-state index < -0.39 is 6.17 Å². The molecule has 2 fully saturated rings. The summed E-state index contributed by atoms with van der Waals surface area (Å²) in [7, 11) is 1.53. The van der Waals surface area contributed by atoms with Crippen LogP contribution in [-0.4, -0.2) is 66.1 Å². The SMILES string of the molecule is CCc1c(F)ccc2cc(OCOC)cc(N3Cc4nc(OC[C@@]56CCCN5C[C@H](F)C6)ncc4C3=O)c12. The topological polar surface area (TPSA) is 77.0 Å². The molecule has 8 nitrogen and oxygen atoms in total. The predicted octanol–water partition coefficient (Wildman–Crippen LogP) is 4.43. The molecule has 2 saturated heterocycles. The van der Waals surface area contributed by atoms with Gasteiger partial charge in [-0.2, -0.15) is 4.98 Å². The van der Waals surface area contributed by atoms with Gasteiger partial charge in [-0.3, -0.25) is 9.69 Å². The third-order valence-electron chi connectivity index (χ3n) is 7.97. The maximum atomic E-state index is 14.8. The van der Waals surface area contributed by atoms with Gasteiger partial charge in [0.05, 0.1) is 29.0 Å². The molecule has 38 heavy (non-hydrogen) atoms. The van der Waals surface area contributed by atoms with E-state index in [9.17, 15) is 13.6 Å². The van der Waals surface area contributed by atoms with Crippen molar-refractivity contribution in [1.82, 2.24) is 14.9 Å². The largest absolute Gasteiger partial charge is 0.467 e. The van der Waals surface area contributed by atoms with E-state index in [0.29, 0.717) is 59.6 Å². The minimum Gasteiger partial charge on any atom is -0.467 e. The lowest BCUT2D eigenvalue weighted by molar-refractivity contribution is 0.0512. The molecule has 2 atom stereocenters. The number of alkyl halides is 1. The van der Waals surface area contributed by atoms with E-state index in [4.69, 9.17) is 14.2 Å². The number of aromatic nitrogens is 2. The number of nitrogens with zero attached hydrogens (tertiary/aromatic N) is 4. The van der Waals surface area contributed by atoms with E-state index in [0.717, 1.165) is 24.8 Å². The number of carbonyl (C=O) groups is 1. The number of halogens is 2. The molecule has 10 heteroatoms. The Hall–Kier alpha value is -3.37. The van der Waals surface area contributed by atoms with Crippen LogP contribution in [0.1, 0.15) is 47.8 Å². The van der Waals surface area contributed by atoms with Gasteiger partial charge in [0.15, 0.2) is 6.79 Å². The average molecular weight is 525 g/mol. The molecule has 0 bridgehead atoms. The highest BCUT2D eigenvalue weighted by molar-refractivity contribution is 6.14. The smallest absolute Gasteiger partial charge is 0.316 e. The fourth-order valence-corrected chi connectivity index (χ4v) is 6.21. The molecular weight excluding hydrogens is 494 g/mol. The van der Waals surface area contributed by atoms with E-state index in [2.05, 4.69) is 14.9 Å². The van der Waals surface area contributed by atoms with Gasteiger partial charge in [-0.25, -0.2) is 13.8 Å². The molecule has 2 aromatic carbocycles. The first-order chi connectivity index (χ1) is 18.4. The first-order valence-electron chi connectivity index (χ1n) is 13.0. The minimum absolute atomic E-state index is 0.0369. The Labute approximate surface area is 219 Å². The fourth-order valence-electron chi connectivity index (χ4n) is 6.21. The molecule has 0 unspecified atom stereocenters. The molecule has 1 aromatic heterocycles. The monoisotopic (exact) mass is 524 g/mol. The van der Waals surface area contributed by atoms with Gasteiger partial charge in [0, 0.05) is 37.7 Å². The number of hydrogen-bond donors (Lipinski definition) is 0. The summed E-state index contributed by atoms with van der Waals surface area (Å²) >= 11 is 0. The Bertz CT molecular complexity index is 1400. The zero-order valence-corrected chi connectivity index (χ0v) is 21.5. The van der Waals surface area contributed by atoms with Gasteiger partial charge < -0.3 is 19.1 Å². The lowest BCUT2D eigenvalue weighted by Crippen LogP contribution is -2.43. The van der Waals surface area contributed by atoms with Gasteiger partial charge in [0.25, 0.3) is 5.91 Å². The molecule has 0 radical (unpaired) electrons. The molecule has 3 aliphatic rings. The standard InChI is InChI=1S/C28H30F2N4O4/c1-3-20-22(30)6-5-17-9-19(38-16-36-2)10-24(25(17)20)34-14-23-21(26(34)35)12-31-27(32-23)37-15-28-7-4-8-33(28)13-18(29)11-28/h5-6,9-10,12,18H,3-4,7-8,11,13-16H2,1-2H3/t18-,28+/m1/s1. The summed E-state index contributed by atoms with van der Waals surface area (Å²) in [5.41, 5.74) is 1.65. The van der Waals surface area contributed by atoms with Gasteiger partial charge in [0.1, 0.15) is 24.3 Å². The molecule has 4 heterocycles. The number of hydrogen-bond acceptors (Lipinski definition) is 7. The lowest BCUT2D eigenvalue weighted by Gasteiger charge is -2.30. The molecular formula is C28H30F2N4O4. The Morgan fingerprint density at radius 1 is 1.24 bits per heavy atom. The molecule has 200 valence electrons. The van der Waals surface area contributed by atoms with E-state index in [-0.39, 0.29) is 36.6 Å².